The number of aromatic nitrogens is 2. The fourth-order valence-electron chi connectivity index (χ4n) is 2.86. The molecule has 2 fully saturated rings. The van der Waals surface area contributed by atoms with Crippen LogP contribution in [0.1, 0.15) is 47.9 Å². The van der Waals surface area contributed by atoms with E-state index in [0.29, 0.717) is 12.5 Å². The summed E-state index contributed by atoms with van der Waals surface area (Å²) in [6.45, 7) is 3.75. The molecular weight excluding hydrogens is 270 g/mol. The summed E-state index contributed by atoms with van der Waals surface area (Å²) in [7, 11) is 1.31. The molecule has 1 aromatic rings. The van der Waals surface area contributed by atoms with E-state index in [1.54, 1.807) is 4.57 Å². The molecule has 3 rings (SSSR count). The minimum absolute atomic E-state index is 0.127. The molecule has 0 radical (unpaired) electrons. The van der Waals surface area contributed by atoms with Crippen LogP contribution in [0.4, 0.5) is 0 Å². The summed E-state index contributed by atoms with van der Waals surface area (Å²) in [5.74, 6) is 0.531. The average Bonchev–Trinajstić information content (AvgIpc) is 3.21. The van der Waals surface area contributed by atoms with E-state index in [0.717, 1.165) is 38.3 Å². The molecule has 0 N–H and O–H groups in total. The summed E-state index contributed by atoms with van der Waals surface area (Å²) in [5, 5.41) is 0. The molecule has 0 amide bonds. The third kappa shape index (κ3) is 3.15. The molecule has 1 saturated heterocycles. The maximum atomic E-state index is 12.3. The van der Waals surface area contributed by atoms with Crippen molar-refractivity contribution in [3.05, 3.63) is 27.9 Å². The van der Waals surface area contributed by atoms with Crippen LogP contribution in [0.5, 0.6) is 0 Å². The van der Waals surface area contributed by atoms with Crippen LogP contribution in [0.25, 0.3) is 0 Å². The fraction of sp³-hybridized carbons (Fsp3) is 0.667. The largest absolute Gasteiger partial charge is 0.464 e. The van der Waals surface area contributed by atoms with Crippen molar-refractivity contribution in [2.45, 2.75) is 38.1 Å². The molecule has 0 spiro atoms. The van der Waals surface area contributed by atoms with E-state index >= 15 is 0 Å². The number of nitrogens with zero attached hydrogens (tertiary/aromatic N) is 3. The Balaban J connectivity index is 1.84. The topological polar surface area (TPSA) is 64.4 Å². The summed E-state index contributed by atoms with van der Waals surface area (Å²) < 4.78 is 6.41. The van der Waals surface area contributed by atoms with Crippen LogP contribution in [0.3, 0.4) is 0 Å². The Morgan fingerprint density at radius 1 is 1.33 bits per heavy atom. The maximum absolute atomic E-state index is 12.3. The lowest BCUT2D eigenvalue weighted by molar-refractivity contribution is 0.0593. The molecule has 6 heteroatoms. The zero-order valence-corrected chi connectivity index (χ0v) is 12.4. The smallest absolute Gasteiger partial charge is 0.356 e. The summed E-state index contributed by atoms with van der Waals surface area (Å²) in [4.78, 5) is 30.7. The van der Waals surface area contributed by atoms with Gasteiger partial charge in [0.1, 0.15) is 5.82 Å². The number of methoxy groups -OCH3 is 1. The first-order chi connectivity index (χ1) is 10.2. The highest BCUT2D eigenvalue weighted by Gasteiger charge is 2.30. The minimum atomic E-state index is -0.541. The van der Waals surface area contributed by atoms with Crippen LogP contribution in [-0.2, 0) is 11.3 Å². The molecule has 0 unspecified atom stereocenters. The van der Waals surface area contributed by atoms with Gasteiger partial charge in [-0.1, -0.05) is 0 Å². The zero-order chi connectivity index (χ0) is 14.8. The molecule has 114 valence electrons. The van der Waals surface area contributed by atoms with E-state index in [1.165, 1.54) is 26.0 Å². The molecule has 1 saturated carbocycles. The molecule has 2 aliphatic rings. The van der Waals surface area contributed by atoms with E-state index in [2.05, 4.69) is 14.6 Å². The highest BCUT2D eigenvalue weighted by atomic mass is 16.5. The molecule has 0 atom stereocenters. The lowest BCUT2D eigenvalue weighted by Crippen LogP contribution is -2.32. The van der Waals surface area contributed by atoms with Crippen LogP contribution < -0.4 is 5.56 Å². The van der Waals surface area contributed by atoms with E-state index in [1.807, 2.05) is 0 Å². The second-order valence-corrected chi connectivity index (χ2v) is 5.80. The van der Waals surface area contributed by atoms with Crippen molar-refractivity contribution in [3.8, 4) is 0 Å². The summed E-state index contributed by atoms with van der Waals surface area (Å²) in [6.07, 6.45) is 4.56. The van der Waals surface area contributed by atoms with E-state index in [-0.39, 0.29) is 11.3 Å². The van der Waals surface area contributed by atoms with Crippen LogP contribution in [0.15, 0.2) is 10.9 Å². The SMILES string of the molecule is COC(=O)c1cc(=O)n(CCN2CCCC2)c(C2CC2)n1. The maximum Gasteiger partial charge on any atom is 0.356 e. The third-order valence-corrected chi connectivity index (χ3v) is 4.21. The molecule has 21 heavy (non-hydrogen) atoms. The van der Waals surface area contributed by atoms with Crippen LogP contribution >= 0.6 is 0 Å². The van der Waals surface area contributed by atoms with Gasteiger partial charge in [0.05, 0.1) is 7.11 Å². The first-order valence-corrected chi connectivity index (χ1v) is 7.61. The molecule has 2 heterocycles. The number of rotatable bonds is 5. The van der Waals surface area contributed by atoms with Gasteiger partial charge in [0.2, 0.25) is 0 Å². The van der Waals surface area contributed by atoms with Crippen molar-refractivity contribution in [1.29, 1.82) is 0 Å². The Morgan fingerprint density at radius 2 is 2.05 bits per heavy atom. The molecule has 1 aromatic heterocycles. The second kappa shape index (κ2) is 5.97. The monoisotopic (exact) mass is 291 g/mol. The fourth-order valence-corrected chi connectivity index (χ4v) is 2.86. The molecule has 1 aliphatic heterocycles. The Hall–Kier alpha value is -1.69. The van der Waals surface area contributed by atoms with Crippen LogP contribution in [0.2, 0.25) is 0 Å². The van der Waals surface area contributed by atoms with Gasteiger partial charge in [-0.3, -0.25) is 9.36 Å². The van der Waals surface area contributed by atoms with Crippen molar-refractivity contribution in [1.82, 2.24) is 14.5 Å². The number of hydrogen-bond acceptors (Lipinski definition) is 5. The number of hydrogen-bond donors (Lipinski definition) is 0. The summed E-state index contributed by atoms with van der Waals surface area (Å²) >= 11 is 0. The van der Waals surface area contributed by atoms with Crippen molar-refractivity contribution in [2.75, 3.05) is 26.7 Å². The first-order valence-electron chi connectivity index (χ1n) is 7.61. The standard InChI is InChI=1S/C15H21N3O3/c1-21-15(20)12-10-13(19)18(14(16-12)11-4-5-11)9-8-17-6-2-3-7-17/h10-11H,2-9H2,1H3. The lowest BCUT2D eigenvalue weighted by Gasteiger charge is -2.17. The van der Waals surface area contributed by atoms with Crippen molar-refractivity contribution < 1.29 is 9.53 Å². The molecule has 1 aliphatic carbocycles. The predicted molar refractivity (Wildman–Crippen MR) is 77.5 cm³/mol. The highest BCUT2D eigenvalue weighted by Crippen LogP contribution is 2.38. The van der Waals surface area contributed by atoms with E-state index in [9.17, 15) is 9.59 Å². The summed E-state index contributed by atoms with van der Waals surface area (Å²) in [6, 6.07) is 1.29. The third-order valence-electron chi connectivity index (χ3n) is 4.21. The normalized spacial score (nSPS) is 18.9. The predicted octanol–water partition coefficient (Wildman–Crippen LogP) is 1.00. The zero-order valence-electron chi connectivity index (χ0n) is 12.4. The lowest BCUT2D eigenvalue weighted by atomic mass is 10.3. The van der Waals surface area contributed by atoms with Crippen molar-refractivity contribution in [2.24, 2.45) is 0 Å². The number of likely N-dealkylation sites (tertiary alicyclic amines) is 1. The van der Waals surface area contributed by atoms with E-state index < -0.39 is 5.97 Å². The van der Waals surface area contributed by atoms with Gasteiger partial charge in [0, 0.05) is 25.1 Å². The highest BCUT2D eigenvalue weighted by molar-refractivity contribution is 5.86. The molecule has 0 bridgehead atoms. The average molecular weight is 291 g/mol. The van der Waals surface area contributed by atoms with Gasteiger partial charge < -0.3 is 9.64 Å². The summed E-state index contributed by atoms with van der Waals surface area (Å²) in [5.41, 5.74) is -0.0201. The van der Waals surface area contributed by atoms with Gasteiger partial charge in [0.15, 0.2) is 5.69 Å². The number of carbonyl (C=O) groups excluding carboxylic acids is 1. The quantitative estimate of drug-likeness (QED) is 0.757. The Bertz CT molecular complexity index is 586. The van der Waals surface area contributed by atoms with Gasteiger partial charge in [-0.15, -0.1) is 0 Å². The minimum Gasteiger partial charge on any atom is -0.464 e. The number of carbonyl (C=O) groups is 1. The van der Waals surface area contributed by atoms with Crippen molar-refractivity contribution >= 4 is 5.97 Å². The first kappa shape index (κ1) is 14.3. The van der Waals surface area contributed by atoms with Crippen molar-refractivity contribution in [3.63, 3.8) is 0 Å². The molecule has 0 aromatic carbocycles. The number of esters is 1. The van der Waals surface area contributed by atoms with Crippen LogP contribution in [0, 0.1) is 0 Å². The second-order valence-electron chi connectivity index (χ2n) is 5.80. The Kier molecular flexibility index (Phi) is 4.05. The van der Waals surface area contributed by atoms with E-state index in [4.69, 9.17) is 0 Å². The van der Waals surface area contributed by atoms with Gasteiger partial charge in [-0.25, -0.2) is 9.78 Å². The molecular formula is C15H21N3O3. The van der Waals surface area contributed by atoms with Gasteiger partial charge in [-0.2, -0.15) is 0 Å². The number of ether oxygens (including phenoxy) is 1. The van der Waals surface area contributed by atoms with Gasteiger partial charge in [-0.05, 0) is 38.8 Å². The Morgan fingerprint density at radius 3 is 2.67 bits per heavy atom. The van der Waals surface area contributed by atoms with Crippen LogP contribution in [-0.4, -0.2) is 47.2 Å². The van der Waals surface area contributed by atoms with Gasteiger partial charge >= 0.3 is 5.97 Å². The molecule has 6 nitrogen and oxygen atoms in total. The Labute approximate surface area is 123 Å². The van der Waals surface area contributed by atoms with Gasteiger partial charge in [0.25, 0.3) is 5.56 Å².